The number of carbonyl (C=O) groups is 3. The molecule has 0 aliphatic carbocycles. The second kappa shape index (κ2) is 7.98. The molecule has 27 heavy (non-hydrogen) atoms. The number of amides is 2. The van der Waals surface area contributed by atoms with Gasteiger partial charge in [0.2, 0.25) is 5.91 Å². The van der Waals surface area contributed by atoms with E-state index >= 15 is 0 Å². The van der Waals surface area contributed by atoms with E-state index in [0.717, 1.165) is 5.56 Å². The summed E-state index contributed by atoms with van der Waals surface area (Å²) >= 11 is 0. The number of alkyl carbamates (subject to hydrolysis) is 1. The lowest BCUT2D eigenvalue weighted by molar-refractivity contribution is -0.151. The van der Waals surface area contributed by atoms with Crippen LogP contribution in [0.25, 0.3) is 0 Å². The number of methoxy groups -OCH3 is 1. The van der Waals surface area contributed by atoms with Crippen molar-refractivity contribution in [2.45, 2.75) is 65.1 Å². The predicted octanol–water partition coefficient (Wildman–Crippen LogP) is 2.80. The minimum atomic E-state index is -1.41. The van der Waals surface area contributed by atoms with E-state index in [1.165, 1.54) is 21.0 Å². The van der Waals surface area contributed by atoms with Crippen molar-refractivity contribution in [1.29, 1.82) is 0 Å². The Hall–Kier alpha value is -2.57. The van der Waals surface area contributed by atoms with E-state index in [1.807, 2.05) is 19.1 Å². The van der Waals surface area contributed by atoms with Gasteiger partial charge in [-0.3, -0.25) is 4.79 Å². The third-order valence-corrected chi connectivity index (χ3v) is 3.97. The first kappa shape index (κ1) is 22.5. The van der Waals surface area contributed by atoms with Gasteiger partial charge in [0.1, 0.15) is 11.1 Å². The summed E-state index contributed by atoms with van der Waals surface area (Å²) in [6.45, 7) is 11.7. The van der Waals surface area contributed by atoms with E-state index in [-0.39, 0.29) is 0 Å². The minimum Gasteiger partial charge on any atom is -0.467 e. The van der Waals surface area contributed by atoms with Gasteiger partial charge in [-0.15, -0.1) is 0 Å². The summed E-state index contributed by atoms with van der Waals surface area (Å²) in [5.74, 6) is -1.17. The molecule has 150 valence electrons. The van der Waals surface area contributed by atoms with Gasteiger partial charge in [0.05, 0.1) is 7.11 Å². The fraction of sp³-hybridized carbons (Fsp3) is 0.550. The molecule has 1 atom stereocenters. The predicted molar refractivity (Wildman–Crippen MR) is 102 cm³/mol. The number of hydrogen-bond acceptors (Lipinski definition) is 5. The lowest BCUT2D eigenvalue weighted by Gasteiger charge is -2.34. The molecule has 0 radical (unpaired) electrons. The van der Waals surface area contributed by atoms with Crippen LogP contribution < -0.4 is 10.6 Å². The average molecular weight is 378 g/mol. The molecule has 0 saturated carbocycles. The quantitative estimate of drug-likeness (QED) is 0.769. The SMILES string of the molecule is COC(=O)[C@](C)(NC(=O)C(C)(C)NC(=O)OC(C)(C)C)c1ccc(C)cc1. The molecule has 0 bridgehead atoms. The summed E-state index contributed by atoms with van der Waals surface area (Å²) in [4.78, 5) is 37.3. The summed E-state index contributed by atoms with van der Waals surface area (Å²) in [6, 6.07) is 7.18. The van der Waals surface area contributed by atoms with Crippen LogP contribution in [0.3, 0.4) is 0 Å². The van der Waals surface area contributed by atoms with Gasteiger partial charge in [-0.1, -0.05) is 29.8 Å². The number of rotatable bonds is 5. The van der Waals surface area contributed by atoms with Gasteiger partial charge in [0.15, 0.2) is 5.54 Å². The first-order valence-electron chi connectivity index (χ1n) is 8.70. The molecule has 0 heterocycles. The smallest absolute Gasteiger partial charge is 0.408 e. The Morgan fingerprint density at radius 3 is 1.85 bits per heavy atom. The fourth-order valence-corrected chi connectivity index (χ4v) is 2.33. The number of hydrogen-bond donors (Lipinski definition) is 2. The minimum absolute atomic E-state index is 0.554. The maximum absolute atomic E-state index is 12.9. The number of benzene rings is 1. The molecule has 2 amide bonds. The van der Waals surface area contributed by atoms with Crippen molar-refractivity contribution in [2.24, 2.45) is 0 Å². The van der Waals surface area contributed by atoms with Gasteiger partial charge < -0.3 is 20.1 Å². The highest BCUT2D eigenvalue weighted by Gasteiger charge is 2.42. The van der Waals surface area contributed by atoms with E-state index in [9.17, 15) is 14.4 Å². The number of ether oxygens (including phenoxy) is 2. The summed E-state index contributed by atoms with van der Waals surface area (Å²) in [7, 11) is 1.25. The average Bonchev–Trinajstić information content (AvgIpc) is 2.51. The third-order valence-electron chi connectivity index (χ3n) is 3.97. The first-order valence-corrected chi connectivity index (χ1v) is 8.70. The fourth-order valence-electron chi connectivity index (χ4n) is 2.33. The zero-order valence-electron chi connectivity index (χ0n) is 17.4. The van der Waals surface area contributed by atoms with Crippen LogP contribution >= 0.6 is 0 Å². The lowest BCUT2D eigenvalue weighted by atomic mass is 9.89. The maximum Gasteiger partial charge on any atom is 0.408 e. The van der Waals surface area contributed by atoms with Crippen LogP contribution in [-0.2, 0) is 24.6 Å². The van der Waals surface area contributed by atoms with E-state index in [0.29, 0.717) is 5.56 Å². The van der Waals surface area contributed by atoms with Gasteiger partial charge in [-0.2, -0.15) is 0 Å². The van der Waals surface area contributed by atoms with Crippen LogP contribution in [0, 0.1) is 6.92 Å². The van der Waals surface area contributed by atoms with Crippen LogP contribution in [0.5, 0.6) is 0 Å². The zero-order valence-corrected chi connectivity index (χ0v) is 17.4. The molecule has 7 heteroatoms. The number of aryl methyl sites for hydroxylation is 1. The molecule has 1 aromatic carbocycles. The summed E-state index contributed by atoms with van der Waals surface area (Å²) in [5.41, 5.74) is -1.83. The molecule has 0 fully saturated rings. The van der Waals surface area contributed by atoms with Gasteiger partial charge in [0, 0.05) is 0 Å². The van der Waals surface area contributed by atoms with E-state index in [1.54, 1.807) is 39.8 Å². The largest absolute Gasteiger partial charge is 0.467 e. The van der Waals surface area contributed by atoms with Crippen molar-refractivity contribution in [3.63, 3.8) is 0 Å². The molecule has 0 aliphatic heterocycles. The third kappa shape index (κ3) is 5.98. The highest BCUT2D eigenvalue weighted by Crippen LogP contribution is 2.24. The van der Waals surface area contributed by atoms with Crippen molar-refractivity contribution < 1.29 is 23.9 Å². The monoisotopic (exact) mass is 378 g/mol. The summed E-state index contributed by atoms with van der Waals surface area (Å²) in [5, 5.41) is 5.23. The Bertz CT molecular complexity index is 704. The van der Waals surface area contributed by atoms with Crippen molar-refractivity contribution in [2.75, 3.05) is 7.11 Å². The number of nitrogens with one attached hydrogen (secondary N) is 2. The molecule has 0 saturated heterocycles. The Morgan fingerprint density at radius 1 is 0.889 bits per heavy atom. The van der Waals surface area contributed by atoms with Gasteiger partial charge >= 0.3 is 12.1 Å². The molecule has 1 rings (SSSR count). The molecule has 7 nitrogen and oxygen atoms in total. The molecular formula is C20H30N2O5. The van der Waals surface area contributed by atoms with Crippen molar-refractivity contribution in [3.8, 4) is 0 Å². The Morgan fingerprint density at radius 2 is 1.41 bits per heavy atom. The van der Waals surface area contributed by atoms with Crippen LogP contribution in [0.2, 0.25) is 0 Å². The lowest BCUT2D eigenvalue weighted by Crippen LogP contribution is -2.61. The molecule has 0 spiro atoms. The van der Waals surface area contributed by atoms with Crippen LogP contribution in [0.1, 0.15) is 52.7 Å². The van der Waals surface area contributed by atoms with Crippen molar-refractivity contribution in [1.82, 2.24) is 10.6 Å². The first-order chi connectivity index (χ1) is 12.2. The van der Waals surface area contributed by atoms with E-state index < -0.39 is 34.6 Å². The van der Waals surface area contributed by atoms with Gasteiger partial charge in [-0.25, -0.2) is 9.59 Å². The second-order valence-corrected chi connectivity index (χ2v) is 8.19. The molecular weight excluding hydrogens is 348 g/mol. The molecule has 2 N–H and O–H groups in total. The number of esters is 1. The Kier molecular flexibility index (Phi) is 6.64. The van der Waals surface area contributed by atoms with Crippen molar-refractivity contribution in [3.05, 3.63) is 35.4 Å². The van der Waals surface area contributed by atoms with Gasteiger partial charge in [-0.05, 0) is 54.0 Å². The number of carbonyl (C=O) groups excluding carboxylic acids is 3. The second-order valence-electron chi connectivity index (χ2n) is 8.19. The normalized spacial score (nSPS) is 13.9. The van der Waals surface area contributed by atoms with Crippen molar-refractivity contribution >= 4 is 18.0 Å². The van der Waals surface area contributed by atoms with Gasteiger partial charge in [0.25, 0.3) is 0 Å². The van der Waals surface area contributed by atoms with Crippen LogP contribution in [-0.4, -0.2) is 36.2 Å². The topological polar surface area (TPSA) is 93.7 Å². The zero-order chi connectivity index (χ0) is 21.0. The van der Waals surface area contributed by atoms with E-state index in [4.69, 9.17) is 9.47 Å². The summed E-state index contributed by atoms with van der Waals surface area (Å²) < 4.78 is 10.1. The van der Waals surface area contributed by atoms with E-state index in [2.05, 4.69) is 10.6 Å². The standard InChI is InChI=1S/C20H30N2O5/c1-13-9-11-14(12-10-13)20(7,16(24)26-8)21-15(23)19(5,6)22-17(25)27-18(2,3)4/h9-12H,1-8H3,(H,21,23)(H,22,25)/t20-/m1/s1. The summed E-state index contributed by atoms with van der Waals surface area (Å²) in [6.07, 6.45) is -0.724. The Balaban J connectivity index is 3.07. The maximum atomic E-state index is 12.9. The highest BCUT2D eigenvalue weighted by atomic mass is 16.6. The molecule has 0 unspecified atom stereocenters. The molecule has 1 aromatic rings. The van der Waals surface area contributed by atoms with Crippen LogP contribution in [0.4, 0.5) is 4.79 Å². The highest BCUT2D eigenvalue weighted by molar-refractivity contribution is 5.94. The molecule has 0 aromatic heterocycles. The Labute approximate surface area is 160 Å². The molecule has 0 aliphatic rings. The van der Waals surface area contributed by atoms with Crippen LogP contribution in [0.15, 0.2) is 24.3 Å².